The number of nitrogens with zero attached hydrogens (tertiary/aromatic N) is 5. The number of aromatic nitrogens is 1. The summed E-state index contributed by atoms with van der Waals surface area (Å²) in [5.41, 5.74) is 10.3. The predicted octanol–water partition coefficient (Wildman–Crippen LogP) is 11.3. The van der Waals surface area contributed by atoms with Crippen molar-refractivity contribution in [2.24, 2.45) is 9.98 Å². The number of aliphatic imine (C=N–C) groups is 2. The van der Waals surface area contributed by atoms with Crippen LogP contribution in [0.5, 0.6) is 0 Å². The Bertz CT molecular complexity index is 2010. The van der Waals surface area contributed by atoms with Gasteiger partial charge in [0.05, 0.1) is 33.5 Å². The van der Waals surface area contributed by atoms with Gasteiger partial charge in [0.25, 0.3) is 0 Å². The summed E-state index contributed by atoms with van der Waals surface area (Å²) in [6.45, 7) is 22.1. The average molecular weight is 660 g/mol. The van der Waals surface area contributed by atoms with Crippen molar-refractivity contribution in [3.05, 3.63) is 115 Å². The van der Waals surface area contributed by atoms with Crippen LogP contribution in [-0.4, -0.2) is 38.8 Å². The Balaban J connectivity index is 1.30. The molecule has 0 radical (unpaired) electrons. The quantitative estimate of drug-likeness (QED) is 0.182. The summed E-state index contributed by atoms with van der Waals surface area (Å²) >= 11 is 0. The third kappa shape index (κ3) is 5.53. The summed E-state index contributed by atoms with van der Waals surface area (Å²) in [5, 5.41) is 0. The minimum Gasteiger partial charge on any atom is -0.322 e. The first-order valence-corrected chi connectivity index (χ1v) is 17.7. The van der Waals surface area contributed by atoms with Crippen LogP contribution in [0.1, 0.15) is 69.2 Å². The van der Waals surface area contributed by atoms with Crippen LogP contribution in [0.3, 0.4) is 0 Å². The summed E-state index contributed by atoms with van der Waals surface area (Å²) in [7, 11) is 0. The Morgan fingerprint density at radius 2 is 0.800 bits per heavy atom. The average Bonchev–Trinajstić information content (AvgIpc) is 3.36. The first-order valence-electron chi connectivity index (χ1n) is 17.7. The molecule has 0 bridgehead atoms. The second kappa shape index (κ2) is 11.8. The van der Waals surface area contributed by atoms with Gasteiger partial charge in [-0.3, -0.25) is 9.98 Å². The van der Waals surface area contributed by atoms with E-state index in [9.17, 15) is 0 Å². The molecule has 50 heavy (non-hydrogen) atoms. The summed E-state index contributed by atoms with van der Waals surface area (Å²) in [6.07, 6.45) is 0. The van der Waals surface area contributed by atoms with Gasteiger partial charge in [-0.15, -0.1) is 0 Å². The molecule has 0 N–H and O–H groups in total. The van der Waals surface area contributed by atoms with Gasteiger partial charge >= 0.3 is 0 Å². The molecule has 4 aromatic carbocycles. The van der Waals surface area contributed by atoms with Crippen LogP contribution >= 0.6 is 0 Å². The number of hydrogen-bond acceptors (Lipinski definition) is 5. The van der Waals surface area contributed by atoms with E-state index in [2.05, 4.69) is 194 Å². The van der Waals surface area contributed by atoms with Crippen molar-refractivity contribution in [3.8, 4) is 44.8 Å². The molecule has 1 aromatic heterocycles. The standard InChI is InChI=1S/C45H49N5/c1-30-47-42(3,4)44(7,8)49(30)38-23-19-33(20-24-38)40-28-37(36-18-14-17-35(27-36)32-15-12-11-13-16-32)29-41(46-40)34-21-25-39(26-22-34)50-31(2)48-43(5,6)45(50,9)10/h11-29H,1-10H3. The van der Waals surface area contributed by atoms with E-state index in [1.807, 2.05) is 0 Å². The molecule has 0 saturated carbocycles. The van der Waals surface area contributed by atoms with Crippen molar-refractivity contribution >= 4 is 23.0 Å². The van der Waals surface area contributed by atoms with E-state index >= 15 is 0 Å². The maximum atomic E-state index is 5.29. The van der Waals surface area contributed by atoms with Crippen LogP contribution in [0.2, 0.25) is 0 Å². The molecule has 2 aliphatic rings. The van der Waals surface area contributed by atoms with Gasteiger partial charge in [-0.05, 0) is 134 Å². The molecule has 5 aromatic rings. The lowest BCUT2D eigenvalue weighted by Gasteiger charge is -2.41. The van der Waals surface area contributed by atoms with E-state index in [1.54, 1.807) is 0 Å². The first kappa shape index (κ1) is 33.5. The summed E-state index contributed by atoms with van der Waals surface area (Å²) in [6, 6.07) is 41.4. The SMILES string of the molecule is CC1=NC(C)(C)C(C)(C)N1c1ccc(-c2cc(-c3cccc(-c4ccccc4)c3)cc(-c3ccc(N4C(C)=NC(C)(C)C4(C)C)cc3)n2)cc1. The molecule has 7 rings (SSSR count). The second-order valence-corrected chi connectivity index (χ2v) is 15.9. The van der Waals surface area contributed by atoms with E-state index in [-0.39, 0.29) is 22.2 Å². The number of hydrogen-bond donors (Lipinski definition) is 0. The fraction of sp³-hybridized carbons (Fsp3) is 0.311. The third-order valence-electron chi connectivity index (χ3n) is 11.6. The molecule has 0 amide bonds. The van der Waals surface area contributed by atoms with Crippen molar-refractivity contribution in [2.75, 3.05) is 9.80 Å². The van der Waals surface area contributed by atoms with Gasteiger partial charge in [-0.1, -0.05) is 72.8 Å². The first-order chi connectivity index (χ1) is 23.6. The lowest BCUT2D eigenvalue weighted by Crippen LogP contribution is -2.52. The Labute approximate surface area is 298 Å². The van der Waals surface area contributed by atoms with Gasteiger partial charge in [0.1, 0.15) is 11.7 Å². The minimum atomic E-state index is -0.184. The maximum Gasteiger partial charge on any atom is 0.102 e. The zero-order valence-corrected chi connectivity index (χ0v) is 31.2. The molecule has 0 aliphatic carbocycles. The van der Waals surface area contributed by atoms with E-state index in [4.69, 9.17) is 15.0 Å². The van der Waals surface area contributed by atoms with Crippen LogP contribution in [0.4, 0.5) is 11.4 Å². The van der Waals surface area contributed by atoms with Gasteiger partial charge in [0.15, 0.2) is 0 Å². The molecule has 5 heteroatoms. The number of benzene rings is 4. The van der Waals surface area contributed by atoms with E-state index in [0.29, 0.717) is 0 Å². The number of rotatable bonds is 6. The molecule has 254 valence electrons. The van der Waals surface area contributed by atoms with Gasteiger partial charge in [-0.25, -0.2) is 4.98 Å². The van der Waals surface area contributed by atoms with E-state index in [0.717, 1.165) is 56.7 Å². The Morgan fingerprint density at radius 3 is 1.20 bits per heavy atom. The van der Waals surface area contributed by atoms with Crippen LogP contribution in [0.25, 0.3) is 44.8 Å². The zero-order valence-electron chi connectivity index (χ0n) is 31.2. The smallest absolute Gasteiger partial charge is 0.102 e. The molecule has 3 heterocycles. The highest BCUT2D eigenvalue weighted by Gasteiger charge is 2.49. The fourth-order valence-corrected chi connectivity index (χ4v) is 7.62. The summed E-state index contributed by atoms with van der Waals surface area (Å²) < 4.78 is 0. The molecule has 0 atom stereocenters. The van der Waals surface area contributed by atoms with Crippen LogP contribution in [0.15, 0.2) is 125 Å². The second-order valence-electron chi connectivity index (χ2n) is 15.9. The molecule has 0 saturated heterocycles. The van der Waals surface area contributed by atoms with Crippen LogP contribution in [0, 0.1) is 0 Å². The Morgan fingerprint density at radius 1 is 0.400 bits per heavy atom. The summed E-state index contributed by atoms with van der Waals surface area (Å²) in [4.78, 5) is 20.0. The highest BCUT2D eigenvalue weighted by atomic mass is 15.3. The number of anilines is 2. The lowest BCUT2D eigenvalue weighted by molar-refractivity contribution is 0.338. The molecule has 0 spiro atoms. The van der Waals surface area contributed by atoms with Gasteiger partial charge in [-0.2, -0.15) is 0 Å². The topological polar surface area (TPSA) is 44.1 Å². The lowest BCUT2D eigenvalue weighted by atomic mass is 9.83. The van der Waals surface area contributed by atoms with E-state index in [1.165, 1.54) is 11.1 Å². The van der Waals surface area contributed by atoms with Crippen molar-refractivity contribution in [1.82, 2.24) is 4.98 Å². The summed E-state index contributed by atoms with van der Waals surface area (Å²) in [5.74, 6) is 2.08. The molecule has 0 fully saturated rings. The Hall–Kier alpha value is -5.03. The van der Waals surface area contributed by atoms with E-state index < -0.39 is 0 Å². The van der Waals surface area contributed by atoms with Crippen molar-refractivity contribution in [2.45, 2.75) is 91.4 Å². The normalized spacial score (nSPS) is 18.6. The van der Waals surface area contributed by atoms with Crippen molar-refractivity contribution in [3.63, 3.8) is 0 Å². The third-order valence-corrected chi connectivity index (χ3v) is 11.6. The monoisotopic (exact) mass is 659 g/mol. The van der Waals surface area contributed by atoms with Crippen LogP contribution in [-0.2, 0) is 0 Å². The highest BCUT2D eigenvalue weighted by molar-refractivity contribution is 6.01. The molecule has 0 unspecified atom stereocenters. The highest BCUT2D eigenvalue weighted by Crippen LogP contribution is 2.43. The largest absolute Gasteiger partial charge is 0.322 e. The zero-order chi connectivity index (χ0) is 35.6. The molecule has 2 aliphatic heterocycles. The predicted molar refractivity (Wildman–Crippen MR) is 213 cm³/mol. The van der Waals surface area contributed by atoms with Gasteiger partial charge in [0, 0.05) is 22.5 Å². The number of amidine groups is 2. The maximum absolute atomic E-state index is 5.29. The number of pyridine rings is 1. The van der Waals surface area contributed by atoms with Gasteiger partial charge < -0.3 is 9.80 Å². The minimum absolute atomic E-state index is 0.149. The van der Waals surface area contributed by atoms with Crippen molar-refractivity contribution < 1.29 is 0 Å². The Kier molecular flexibility index (Phi) is 7.89. The molecular formula is C45H49N5. The molecule has 5 nitrogen and oxygen atoms in total. The molecular weight excluding hydrogens is 611 g/mol. The van der Waals surface area contributed by atoms with Gasteiger partial charge in [0.2, 0.25) is 0 Å². The van der Waals surface area contributed by atoms with Crippen LogP contribution < -0.4 is 9.80 Å². The fourth-order valence-electron chi connectivity index (χ4n) is 7.62. The van der Waals surface area contributed by atoms with Crippen molar-refractivity contribution in [1.29, 1.82) is 0 Å².